The van der Waals surface area contributed by atoms with Gasteiger partial charge in [0.15, 0.2) is 0 Å². The molecule has 17 heavy (non-hydrogen) atoms. The lowest BCUT2D eigenvalue weighted by Crippen LogP contribution is -2.37. The van der Waals surface area contributed by atoms with E-state index < -0.39 is 0 Å². The zero-order valence-corrected chi connectivity index (χ0v) is 10.9. The molecule has 1 saturated carbocycles. The third-order valence-electron chi connectivity index (χ3n) is 3.76. The summed E-state index contributed by atoms with van der Waals surface area (Å²) in [4.78, 5) is 7.06. The monoisotopic (exact) mass is 233 g/mol. The third-order valence-corrected chi connectivity index (χ3v) is 3.76. The van der Waals surface area contributed by atoms with Gasteiger partial charge in [-0.25, -0.2) is 4.98 Å². The summed E-state index contributed by atoms with van der Waals surface area (Å²) >= 11 is 0. The van der Waals surface area contributed by atoms with Crippen LogP contribution < -0.4 is 10.6 Å². The van der Waals surface area contributed by atoms with E-state index in [1.807, 2.05) is 13.0 Å². The van der Waals surface area contributed by atoms with Crippen LogP contribution in [0.15, 0.2) is 12.1 Å². The van der Waals surface area contributed by atoms with Gasteiger partial charge < -0.3 is 10.6 Å². The minimum atomic E-state index is 0.671. The highest BCUT2D eigenvalue weighted by molar-refractivity contribution is 5.50. The van der Waals surface area contributed by atoms with E-state index in [0.717, 1.165) is 23.7 Å². The molecular weight excluding hydrogens is 210 g/mol. The first-order valence-electron chi connectivity index (χ1n) is 6.72. The Morgan fingerprint density at radius 2 is 2.00 bits per heavy atom. The van der Waals surface area contributed by atoms with Gasteiger partial charge in [0.2, 0.25) is 0 Å². The van der Waals surface area contributed by atoms with E-state index >= 15 is 0 Å². The second kappa shape index (κ2) is 5.39. The number of anilines is 2. The van der Waals surface area contributed by atoms with Crippen LogP contribution >= 0.6 is 0 Å². The van der Waals surface area contributed by atoms with E-state index in [1.54, 1.807) is 0 Å². The van der Waals surface area contributed by atoms with Crippen LogP contribution in [0.2, 0.25) is 0 Å². The Bertz CT molecular complexity index is 370. The van der Waals surface area contributed by atoms with Crippen molar-refractivity contribution in [1.29, 1.82) is 0 Å². The predicted octanol–water partition coefficient (Wildman–Crippen LogP) is 3.13. The highest BCUT2D eigenvalue weighted by atomic mass is 15.2. The molecule has 1 aliphatic carbocycles. The van der Waals surface area contributed by atoms with Gasteiger partial charge in [-0.2, -0.15) is 0 Å². The van der Waals surface area contributed by atoms with Crippen LogP contribution in [0.4, 0.5) is 11.5 Å². The molecule has 2 rings (SSSR count). The molecule has 1 fully saturated rings. The lowest BCUT2D eigenvalue weighted by atomic mass is 9.94. The largest absolute Gasteiger partial charge is 0.397 e. The van der Waals surface area contributed by atoms with Crippen molar-refractivity contribution in [2.45, 2.75) is 52.0 Å². The number of aryl methyl sites for hydroxylation is 1. The van der Waals surface area contributed by atoms with Crippen LogP contribution in [0.1, 0.15) is 44.7 Å². The maximum Gasteiger partial charge on any atom is 0.129 e. The number of hydrogen-bond donors (Lipinski definition) is 1. The van der Waals surface area contributed by atoms with Gasteiger partial charge in [-0.15, -0.1) is 0 Å². The summed E-state index contributed by atoms with van der Waals surface area (Å²) in [6.45, 7) is 5.22. The van der Waals surface area contributed by atoms with Gasteiger partial charge in [-0.1, -0.05) is 19.3 Å². The fourth-order valence-electron chi connectivity index (χ4n) is 2.72. The second-order valence-corrected chi connectivity index (χ2v) is 4.92. The van der Waals surface area contributed by atoms with E-state index in [0.29, 0.717) is 6.04 Å². The van der Waals surface area contributed by atoms with Crippen molar-refractivity contribution in [2.75, 3.05) is 17.2 Å². The summed E-state index contributed by atoms with van der Waals surface area (Å²) in [5.41, 5.74) is 7.55. The summed E-state index contributed by atoms with van der Waals surface area (Å²) in [7, 11) is 0. The Kier molecular flexibility index (Phi) is 3.87. The molecule has 2 N–H and O–H groups in total. The number of rotatable bonds is 3. The van der Waals surface area contributed by atoms with E-state index in [-0.39, 0.29) is 0 Å². The minimum absolute atomic E-state index is 0.671. The number of hydrogen-bond acceptors (Lipinski definition) is 3. The first-order valence-corrected chi connectivity index (χ1v) is 6.72. The Balaban J connectivity index is 2.18. The lowest BCUT2D eigenvalue weighted by Gasteiger charge is -2.34. The molecule has 0 radical (unpaired) electrons. The van der Waals surface area contributed by atoms with Gasteiger partial charge in [0.1, 0.15) is 5.82 Å². The number of nitrogen functional groups attached to an aromatic ring is 1. The smallest absolute Gasteiger partial charge is 0.129 e. The lowest BCUT2D eigenvalue weighted by molar-refractivity contribution is 0.416. The molecule has 1 heterocycles. The molecule has 1 aliphatic rings. The highest BCUT2D eigenvalue weighted by Crippen LogP contribution is 2.26. The number of nitrogens with two attached hydrogens (primary N) is 1. The average Bonchev–Trinajstić information content (AvgIpc) is 2.36. The van der Waals surface area contributed by atoms with Gasteiger partial charge in [-0.3, -0.25) is 0 Å². The van der Waals surface area contributed by atoms with Gasteiger partial charge in [-0.05, 0) is 38.8 Å². The fourth-order valence-corrected chi connectivity index (χ4v) is 2.72. The normalized spacial score (nSPS) is 17.1. The molecule has 0 unspecified atom stereocenters. The van der Waals surface area contributed by atoms with Crippen molar-refractivity contribution in [3.63, 3.8) is 0 Å². The van der Waals surface area contributed by atoms with Crippen LogP contribution in [0.5, 0.6) is 0 Å². The van der Waals surface area contributed by atoms with Crippen LogP contribution in [0.25, 0.3) is 0 Å². The maximum atomic E-state index is 5.83. The Labute approximate surface area is 104 Å². The minimum Gasteiger partial charge on any atom is -0.397 e. The molecule has 0 spiro atoms. The summed E-state index contributed by atoms with van der Waals surface area (Å²) < 4.78 is 0. The molecule has 94 valence electrons. The SMILES string of the molecule is CCN(c1ccc(N)c(C)n1)C1CCCCC1. The molecule has 0 atom stereocenters. The Morgan fingerprint density at radius 1 is 1.29 bits per heavy atom. The van der Waals surface area contributed by atoms with Crippen LogP contribution in [-0.2, 0) is 0 Å². The van der Waals surface area contributed by atoms with Crippen molar-refractivity contribution in [3.05, 3.63) is 17.8 Å². The molecule has 0 aromatic carbocycles. The summed E-state index contributed by atoms with van der Waals surface area (Å²) in [6.07, 6.45) is 6.71. The molecule has 0 aliphatic heterocycles. The molecular formula is C14H23N3. The maximum absolute atomic E-state index is 5.83. The first-order chi connectivity index (χ1) is 8.22. The Hall–Kier alpha value is -1.25. The first kappa shape index (κ1) is 12.2. The average molecular weight is 233 g/mol. The van der Waals surface area contributed by atoms with Gasteiger partial charge >= 0.3 is 0 Å². The standard InChI is InChI=1S/C14H23N3/c1-3-17(12-7-5-4-6-8-12)14-10-9-13(15)11(2)16-14/h9-10,12H,3-8,15H2,1-2H3. The molecule has 3 nitrogen and oxygen atoms in total. The molecule has 3 heteroatoms. The molecule has 1 aromatic rings. The Morgan fingerprint density at radius 3 is 2.59 bits per heavy atom. The van der Waals surface area contributed by atoms with Crippen LogP contribution in [-0.4, -0.2) is 17.6 Å². The van der Waals surface area contributed by atoms with Gasteiger partial charge in [0.05, 0.1) is 11.4 Å². The quantitative estimate of drug-likeness (QED) is 0.872. The number of aromatic nitrogens is 1. The van der Waals surface area contributed by atoms with E-state index in [1.165, 1.54) is 32.1 Å². The zero-order valence-electron chi connectivity index (χ0n) is 10.9. The number of pyridine rings is 1. The topological polar surface area (TPSA) is 42.1 Å². The molecule has 0 saturated heterocycles. The summed E-state index contributed by atoms with van der Waals surface area (Å²) in [6, 6.07) is 4.70. The molecule has 1 aromatic heterocycles. The van der Waals surface area contributed by atoms with E-state index in [4.69, 9.17) is 5.73 Å². The number of nitrogens with zero attached hydrogens (tertiary/aromatic N) is 2. The van der Waals surface area contributed by atoms with Gasteiger partial charge in [0.25, 0.3) is 0 Å². The van der Waals surface area contributed by atoms with E-state index in [2.05, 4.69) is 22.9 Å². The van der Waals surface area contributed by atoms with Crippen LogP contribution in [0, 0.1) is 6.92 Å². The summed E-state index contributed by atoms with van der Waals surface area (Å²) in [5, 5.41) is 0. The van der Waals surface area contributed by atoms with Crippen molar-refractivity contribution in [2.24, 2.45) is 0 Å². The molecule has 0 bridgehead atoms. The van der Waals surface area contributed by atoms with Crippen molar-refractivity contribution in [1.82, 2.24) is 4.98 Å². The van der Waals surface area contributed by atoms with Crippen molar-refractivity contribution < 1.29 is 0 Å². The predicted molar refractivity (Wildman–Crippen MR) is 73.3 cm³/mol. The third kappa shape index (κ3) is 2.71. The zero-order chi connectivity index (χ0) is 12.3. The van der Waals surface area contributed by atoms with Crippen molar-refractivity contribution >= 4 is 11.5 Å². The van der Waals surface area contributed by atoms with Gasteiger partial charge in [0, 0.05) is 12.6 Å². The highest BCUT2D eigenvalue weighted by Gasteiger charge is 2.21. The summed E-state index contributed by atoms with van der Waals surface area (Å²) in [5.74, 6) is 1.09. The van der Waals surface area contributed by atoms with Crippen molar-refractivity contribution in [3.8, 4) is 0 Å². The molecule has 0 amide bonds. The fraction of sp³-hybridized carbons (Fsp3) is 0.643. The second-order valence-electron chi connectivity index (χ2n) is 4.92. The van der Waals surface area contributed by atoms with Crippen LogP contribution in [0.3, 0.4) is 0 Å². The van der Waals surface area contributed by atoms with E-state index in [9.17, 15) is 0 Å².